The molecule has 1 heterocycles. The van der Waals surface area contributed by atoms with Crippen LogP contribution in [0.3, 0.4) is 0 Å². The molecule has 0 aromatic heterocycles. The summed E-state index contributed by atoms with van der Waals surface area (Å²) in [6, 6.07) is 13.3. The molecule has 3 rings (SSSR count). The molecule has 0 saturated heterocycles. The van der Waals surface area contributed by atoms with Gasteiger partial charge in [0.15, 0.2) is 0 Å². The second-order valence-corrected chi connectivity index (χ2v) is 7.75. The Kier molecular flexibility index (Phi) is 4.57. The Morgan fingerprint density at radius 2 is 1.92 bits per heavy atom. The summed E-state index contributed by atoms with van der Waals surface area (Å²) in [7, 11) is -3.57. The van der Waals surface area contributed by atoms with Crippen LogP contribution in [0.4, 0.5) is 0 Å². The average molecular weight is 345 g/mol. The smallest absolute Gasteiger partial charge is 0.217 e. The third-order valence-corrected chi connectivity index (χ3v) is 5.78. The van der Waals surface area contributed by atoms with Crippen molar-refractivity contribution < 1.29 is 17.9 Å². The van der Waals surface area contributed by atoms with Gasteiger partial charge < -0.3 is 10.1 Å². The number of hydrogen-bond acceptors (Lipinski definition) is 4. The minimum atomic E-state index is -3.57. The zero-order valence-corrected chi connectivity index (χ0v) is 14.2. The van der Waals surface area contributed by atoms with Crippen LogP contribution in [0.5, 0.6) is 5.75 Å². The van der Waals surface area contributed by atoms with Crippen molar-refractivity contribution in [1.29, 1.82) is 0 Å². The van der Waals surface area contributed by atoms with Gasteiger partial charge in [0, 0.05) is 6.92 Å². The lowest BCUT2D eigenvalue weighted by Crippen LogP contribution is -2.36. The number of nitrogens with one attached hydrogen (secondary N) is 1. The summed E-state index contributed by atoms with van der Waals surface area (Å²) >= 11 is 0. The number of rotatable bonds is 4. The molecular formula is C18H19NO4S. The first-order valence-corrected chi connectivity index (χ1v) is 9.29. The normalized spacial score (nSPS) is 16.8. The molecule has 5 nitrogen and oxygen atoms in total. The number of sulfone groups is 1. The Morgan fingerprint density at radius 1 is 1.17 bits per heavy atom. The van der Waals surface area contributed by atoms with Crippen LogP contribution < -0.4 is 10.1 Å². The predicted octanol–water partition coefficient (Wildman–Crippen LogP) is 2.35. The SMILES string of the molecule is CC(=O)NC[C@H]1CCc2ccc(S(=O)(=O)c3ccccc3)cc2O1. The number of benzene rings is 2. The van der Waals surface area contributed by atoms with E-state index in [0.717, 1.165) is 18.4 Å². The van der Waals surface area contributed by atoms with E-state index >= 15 is 0 Å². The molecule has 2 aromatic rings. The Bertz CT molecular complexity index is 847. The second kappa shape index (κ2) is 6.65. The molecule has 126 valence electrons. The van der Waals surface area contributed by atoms with E-state index in [9.17, 15) is 13.2 Å². The zero-order chi connectivity index (χ0) is 17.2. The number of fused-ring (bicyclic) bond motifs is 1. The molecule has 1 aliphatic heterocycles. The van der Waals surface area contributed by atoms with Crippen molar-refractivity contribution in [1.82, 2.24) is 5.32 Å². The Balaban J connectivity index is 1.86. The van der Waals surface area contributed by atoms with Gasteiger partial charge in [-0.25, -0.2) is 8.42 Å². The van der Waals surface area contributed by atoms with Crippen molar-refractivity contribution in [3.05, 3.63) is 54.1 Å². The van der Waals surface area contributed by atoms with Crippen molar-refractivity contribution in [2.24, 2.45) is 0 Å². The Hall–Kier alpha value is -2.34. The van der Waals surface area contributed by atoms with Crippen LogP contribution >= 0.6 is 0 Å². The Morgan fingerprint density at radius 3 is 2.62 bits per heavy atom. The molecule has 1 N–H and O–H groups in total. The van der Waals surface area contributed by atoms with Gasteiger partial charge in [-0.3, -0.25) is 4.79 Å². The zero-order valence-electron chi connectivity index (χ0n) is 13.4. The summed E-state index contributed by atoms with van der Waals surface area (Å²) in [5.74, 6) is 0.471. The number of amides is 1. The fourth-order valence-corrected chi connectivity index (χ4v) is 4.01. The molecule has 1 aliphatic rings. The van der Waals surface area contributed by atoms with Crippen molar-refractivity contribution in [2.45, 2.75) is 35.7 Å². The fourth-order valence-electron chi connectivity index (χ4n) is 2.71. The molecule has 6 heteroatoms. The summed E-state index contributed by atoms with van der Waals surface area (Å²) in [5.41, 5.74) is 0.987. The molecule has 0 spiro atoms. The topological polar surface area (TPSA) is 72.5 Å². The molecule has 24 heavy (non-hydrogen) atoms. The van der Waals surface area contributed by atoms with Crippen LogP contribution in [0.2, 0.25) is 0 Å². The van der Waals surface area contributed by atoms with Gasteiger partial charge in [-0.15, -0.1) is 0 Å². The summed E-state index contributed by atoms with van der Waals surface area (Å²) in [6.45, 7) is 1.88. The van der Waals surface area contributed by atoms with Crippen molar-refractivity contribution >= 4 is 15.7 Å². The van der Waals surface area contributed by atoms with E-state index in [1.165, 1.54) is 6.92 Å². The monoisotopic (exact) mass is 345 g/mol. The highest BCUT2D eigenvalue weighted by Crippen LogP contribution is 2.32. The van der Waals surface area contributed by atoms with Crippen LogP contribution in [-0.2, 0) is 21.1 Å². The number of carbonyl (C=O) groups is 1. The first-order chi connectivity index (χ1) is 11.5. The maximum absolute atomic E-state index is 12.7. The summed E-state index contributed by atoms with van der Waals surface area (Å²) in [5, 5.41) is 2.73. The van der Waals surface area contributed by atoms with Crippen molar-refractivity contribution in [3.8, 4) is 5.75 Å². The van der Waals surface area contributed by atoms with Crippen LogP contribution in [-0.4, -0.2) is 27.0 Å². The molecule has 0 bridgehead atoms. The molecule has 1 atom stereocenters. The molecule has 1 amide bonds. The minimum absolute atomic E-state index is 0.107. The summed E-state index contributed by atoms with van der Waals surface area (Å²) < 4.78 is 31.3. The van der Waals surface area contributed by atoms with E-state index in [4.69, 9.17) is 4.74 Å². The van der Waals surface area contributed by atoms with E-state index in [1.54, 1.807) is 48.5 Å². The highest BCUT2D eigenvalue weighted by Gasteiger charge is 2.24. The van der Waals surface area contributed by atoms with Crippen LogP contribution in [0, 0.1) is 0 Å². The third-order valence-electron chi connectivity index (χ3n) is 4.01. The lowest BCUT2D eigenvalue weighted by molar-refractivity contribution is -0.119. The van der Waals surface area contributed by atoms with E-state index in [0.29, 0.717) is 12.3 Å². The lowest BCUT2D eigenvalue weighted by atomic mass is 10.0. The predicted molar refractivity (Wildman–Crippen MR) is 89.8 cm³/mol. The van der Waals surface area contributed by atoms with Gasteiger partial charge in [0.2, 0.25) is 15.7 Å². The van der Waals surface area contributed by atoms with E-state index < -0.39 is 9.84 Å². The van der Waals surface area contributed by atoms with Gasteiger partial charge in [0.05, 0.1) is 16.3 Å². The number of hydrogen-bond donors (Lipinski definition) is 1. The Labute approximate surface area is 141 Å². The van der Waals surface area contributed by atoms with Gasteiger partial charge in [-0.1, -0.05) is 24.3 Å². The highest BCUT2D eigenvalue weighted by molar-refractivity contribution is 7.91. The summed E-state index contributed by atoms with van der Waals surface area (Å²) in [4.78, 5) is 11.5. The van der Waals surface area contributed by atoms with Crippen molar-refractivity contribution in [2.75, 3.05) is 6.54 Å². The molecule has 0 radical (unpaired) electrons. The van der Waals surface area contributed by atoms with E-state index in [1.807, 2.05) is 0 Å². The van der Waals surface area contributed by atoms with Gasteiger partial charge in [-0.2, -0.15) is 0 Å². The summed E-state index contributed by atoms with van der Waals surface area (Å²) in [6.07, 6.45) is 1.44. The molecular weight excluding hydrogens is 326 g/mol. The molecule has 0 saturated carbocycles. The first-order valence-electron chi connectivity index (χ1n) is 7.81. The fraction of sp³-hybridized carbons (Fsp3) is 0.278. The first kappa shape index (κ1) is 16.5. The quantitative estimate of drug-likeness (QED) is 0.923. The second-order valence-electron chi connectivity index (χ2n) is 5.80. The maximum atomic E-state index is 12.7. The molecule has 2 aromatic carbocycles. The number of carbonyl (C=O) groups excluding carboxylic acids is 1. The average Bonchev–Trinajstić information content (AvgIpc) is 2.60. The highest BCUT2D eigenvalue weighted by atomic mass is 32.2. The van der Waals surface area contributed by atoms with Gasteiger partial charge in [0.1, 0.15) is 11.9 Å². The van der Waals surface area contributed by atoms with Crippen LogP contribution in [0.25, 0.3) is 0 Å². The number of aryl methyl sites for hydroxylation is 1. The molecule has 0 aliphatic carbocycles. The van der Waals surface area contributed by atoms with E-state index in [2.05, 4.69) is 5.32 Å². The van der Waals surface area contributed by atoms with Crippen LogP contribution in [0.1, 0.15) is 18.9 Å². The van der Waals surface area contributed by atoms with Crippen LogP contribution in [0.15, 0.2) is 58.3 Å². The number of ether oxygens (including phenoxy) is 1. The molecule has 0 unspecified atom stereocenters. The van der Waals surface area contributed by atoms with E-state index in [-0.39, 0.29) is 21.8 Å². The largest absolute Gasteiger partial charge is 0.488 e. The molecule has 0 fully saturated rings. The van der Waals surface area contributed by atoms with Gasteiger partial charge in [0.25, 0.3) is 0 Å². The minimum Gasteiger partial charge on any atom is -0.488 e. The third kappa shape index (κ3) is 3.43. The van der Waals surface area contributed by atoms with Gasteiger partial charge in [-0.05, 0) is 42.7 Å². The lowest BCUT2D eigenvalue weighted by Gasteiger charge is -2.26. The standard InChI is InChI=1S/C18H19NO4S/c1-13(20)19-12-15-9-7-14-8-10-17(11-18(14)23-15)24(21,22)16-5-3-2-4-6-16/h2-6,8,10-11,15H,7,9,12H2,1H3,(H,19,20)/t15-/m1/s1. The van der Waals surface area contributed by atoms with Gasteiger partial charge >= 0.3 is 0 Å². The van der Waals surface area contributed by atoms with Crippen molar-refractivity contribution in [3.63, 3.8) is 0 Å². The maximum Gasteiger partial charge on any atom is 0.217 e.